The molecule has 130 valence electrons. The highest BCUT2D eigenvalue weighted by Crippen LogP contribution is 2.32. The van der Waals surface area contributed by atoms with E-state index in [1.807, 2.05) is 0 Å². The van der Waals surface area contributed by atoms with Gasteiger partial charge in [0.15, 0.2) is 5.75 Å². The Morgan fingerprint density at radius 2 is 2.08 bits per heavy atom. The summed E-state index contributed by atoms with van der Waals surface area (Å²) in [5, 5.41) is 4.49. The standard InChI is InChI=1S/C22H21N3O/c1-25(2)11-12-26-22-20-15-8-4-6-10-18(15)23-19(20)13-16-14-7-3-5-9-17(14)24-21(16)22/h3-6,8-10,13,23H,7,11-12H2,1-2H3. The van der Waals surface area contributed by atoms with Gasteiger partial charge in [-0.05, 0) is 44.3 Å². The summed E-state index contributed by atoms with van der Waals surface area (Å²) in [5.41, 5.74) is 4.61. The molecule has 0 amide bonds. The van der Waals surface area contributed by atoms with Gasteiger partial charge in [0.05, 0.1) is 16.6 Å². The van der Waals surface area contributed by atoms with Crippen LogP contribution in [-0.4, -0.2) is 37.1 Å². The molecule has 2 aliphatic rings. The molecule has 0 radical (unpaired) electrons. The zero-order chi connectivity index (χ0) is 17.7. The monoisotopic (exact) mass is 343 g/mol. The van der Waals surface area contributed by atoms with Crippen molar-refractivity contribution in [3.8, 4) is 5.75 Å². The number of aromatic nitrogens is 1. The lowest BCUT2D eigenvalue weighted by Crippen LogP contribution is -2.28. The van der Waals surface area contributed by atoms with Crippen molar-refractivity contribution < 1.29 is 4.74 Å². The topological polar surface area (TPSA) is 40.6 Å². The molecule has 0 saturated carbocycles. The van der Waals surface area contributed by atoms with E-state index in [-0.39, 0.29) is 0 Å². The minimum Gasteiger partial charge on any atom is -0.489 e. The van der Waals surface area contributed by atoms with E-state index in [1.165, 1.54) is 16.2 Å². The van der Waals surface area contributed by atoms with Crippen LogP contribution >= 0.6 is 0 Å². The van der Waals surface area contributed by atoms with E-state index in [4.69, 9.17) is 9.73 Å². The zero-order valence-electron chi connectivity index (χ0n) is 15.0. The first-order valence-corrected chi connectivity index (χ1v) is 9.02. The van der Waals surface area contributed by atoms with Gasteiger partial charge >= 0.3 is 0 Å². The lowest BCUT2D eigenvalue weighted by Gasteiger charge is -2.12. The van der Waals surface area contributed by atoms with Crippen LogP contribution in [0.5, 0.6) is 5.75 Å². The second kappa shape index (κ2) is 5.85. The summed E-state index contributed by atoms with van der Waals surface area (Å²) in [6.45, 7) is 1.51. The van der Waals surface area contributed by atoms with Crippen LogP contribution in [0.15, 0.2) is 59.2 Å². The second-order valence-electron chi connectivity index (χ2n) is 7.12. The van der Waals surface area contributed by atoms with Gasteiger partial charge in [0.2, 0.25) is 0 Å². The predicted octanol–water partition coefficient (Wildman–Crippen LogP) is 2.89. The normalized spacial score (nSPS) is 15.3. The van der Waals surface area contributed by atoms with Crippen molar-refractivity contribution in [2.75, 3.05) is 27.2 Å². The number of benzene rings is 2. The van der Waals surface area contributed by atoms with E-state index in [0.29, 0.717) is 6.61 Å². The van der Waals surface area contributed by atoms with Crippen molar-refractivity contribution in [3.63, 3.8) is 0 Å². The fraction of sp³-hybridized carbons (Fsp3) is 0.227. The molecule has 1 aromatic heterocycles. The molecule has 2 heterocycles. The number of para-hydroxylation sites is 1. The van der Waals surface area contributed by atoms with Crippen LogP contribution in [0, 0.1) is 0 Å². The van der Waals surface area contributed by atoms with Gasteiger partial charge in [-0.2, -0.15) is 0 Å². The molecule has 5 rings (SSSR count). The van der Waals surface area contributed by atoms with Crippen LogP contribution in [0.3, 0.4) is 0 Å². The van der Waals surface area contributed by atoms with E-state index < -0.39 is 0 Å². The Morgan fingerprint density at radius 3 is 2.96 bits per heavy atom. The maximum atomic E-state index is 6.33. The highest BCUT2D eigenvalue weighted by molar-refractivity contribution is 6.10. The minimum atomic E-state index is 0.639. The maximum absolute atomic E-state index is 6.33. The number of nitrogens with zero attached hydrogens (tertiary/aromatic N) is 2. The summed E-state index contributed by atoms with van der Waals surface area (Å²) in [5.74, 6) is 0.902. The number of aromatic amines is 1. The molecule has 0 spiro atoms. The molecule has 0 unspecified atom stereocenters. The summed E-state index contributed by atoms with van der Waals surface area (Å²) >= 11 is 0. The summed E-state index contributed by atoms with van der Waals surface area (Å²) in [6, 6.07) is 10.6. The molecule has 0 saturated heterocycles. The van der Waals surface area contributed by atoms with Crippen LogP contribution in [-0.2, 0) is 0 Å². The third kappa shape index (κ3) is 2.30. The lowest BCUT2D eigenvalue weighted by molar-refractivity contribution is 0.261. The molecule has 3 aromatic rings. The highest BCUT2D eigenvalue weighted by Gasteiger charge is 2.20. The van der Waals surface area contributed by atoms with Gasteiger partial charge in [0.1, 0.15) is 12.0 Å². The van der Waals surface area contributed by atoms with Gasteiger partial charge in [-0.1, -0.05) is 30.4 Å². The van der Waals surface area contributed by atoms with Crippen molar-refractivity contribution >= 4 is 27.4 Å². The molecule has 0 bridgehead atoms. The smallest absolute Gasteiger partial charge is 0.155 e. The van der Waals surface area contributed by atoms with Crippen LogP contribution in [0.1, 0.15) is 6.42 Å². The SMILES string of the molecule is CN(C)CCOc1c2c(cc3[nH]c4ccccc4c13)=C1CC=CC=C1N=2. The third-order valence-electron chi connectivity index (χ3n) is 5.08. The van der Waals surface area contributed by atoms with Gasteiger partial charge in [-0.15, -0.1) is 0 Å². The first-order valence-electron chi connectivity index (χ1n) is 9.02. The average molecular weight is 343 g/mol. The Labute approximate surface area is 151 Å². The highest BCUT2D eigenvalue weighted by atomic mass is 16.5. The summed E-state index contributed by atoms with van der Waals surface area (Å²) in [6.07, 6.45) is 7.29. The lowest BCUT2D eigenvalue weighted by atomic mass is 10.0. The van der Waals surface area contributed by atoms with Gasteiger partial charge in [0.25, 0.3) is 0 Å². The van der Waals surface area contributed by atoms with Crippen molar-refractivity contribution in [2.45, 2.75) is 6.42 Å². The first-order chi connectivity index (χ1) is 12.7. The fourth-order valence-corrected chi connectivity index (χ4v) is 3.80. The fourth-order valence-electron chi connectivity index (χ4n) is 3.80. The number of nitrogens with one attached hydrogen (secondary N) is 1. The van der Waals surface area contributed by atoms with Gasteiger partial charge in [-0.3, -0.25) is 0 Å². The van der Waals surface area contributed by atoms with Crippen LogP contribution < -0.4 is 15.3 Å². The van der Waals surface area contributed by atoms with E-state index in [2.05, 4.69) is 72.5 Å². The molecule has 1 N–H and O–H groups in total. The van der Waals surface area contributed by atoms with E-state index >= 15 is 0 Å². The number of likely N-dealkylation sites (N-methyl/N-ethyl adjacent to an activating group) is 1. The Bertz CT molecular complexity index is 1210. The molecular formula is C22H21N3O. The zero-order valence-corrected chi connectivity index (χ0v) is 15.0. The maximum Gasteiger partial charge on any atom is 0.155 e. The number of fused-ring (bicyclic) bond motifs is 5. The Hall–Kier alpha value is -2.85. The van der Waals surface area contributed by atoms with Crippen molar-refractivity contribution in [2.24, 2.45) is 4.99 Å². The quantitative estimate of drug-likeness (QED) is 0.791. The number of rotatable bonds is 4. The van der Waals surface area contributed by atoms with Crippen molar-refractivity contribution in [3.05, 3.63) is 64.8 Å². The molecule has 4 heteroatoms. The molecular weight excluding hydrogens is 322 g/mol. The largest absolute Gasteiger partial charge is 0.489 e. The Morgan fingerprint density at radius 1 is 1.19 bits per heavy atom. The number of allylic oxidation sites excluding steroid dienone is 4. The van der Waals surface area contributed by atoms with E-state index in [1.54, 1.807) is 0 Å². The summed E-state index contributed by atoms with van der Waals surface area (Å²) < 4.78 is 6.33. The number of hydrogen-bond acceptors (Lipinski definition) is 3. The summed E-state index contributed by atoms with van der Waals surface area (Å²) in [7, 11) is 4.12. The molecule has 0 fully saturated rings. The molecule has 1 aliphatic carbocycles. The molecule has 4 nitrogen and oxygen atoms in total. The van der Waals surface area contributed by atoms with Crippen LogP contribution in [0.2, 0.25) is 0 Å². The molecule has 2 aromatic carbocycles. The van der Waals surface area contributed by atoms with Crippen molar-refractivity contribution in [1.82, 2.24) is 9.88 Å². The first kappa shape index (κ1) is 15.4. The number of H-pyrrole nitrogens is 1. The van der Waals surface area contributed by atoms with Gasteiger partial charge in [-0.25, -0.2) is 4.99 Å². The van der Waals surface area contributed by atoms with E-state index in [9.17, 15) is 0 Å². The number of ether oxygens (including phenoxy) is 1. The van der Waals surface area contributed by atoms with Gasteiger partial charge < -0.3 is 14.6 Å². The van der Waals surface area contributed by atoms with Crippen LogP contribution in [0.25, 0.3) is 27.4 Å². The molecule has 1 aliphatic heterocycles. The van der Waals surface area contributed by atoms with Crippen LogP contribution in [0.4, 0.5) is 0 Å². The summed E-state index contributed by atoms with van der Waals surface area (Å²) in [4.78, 5) is 10.6. The Kier molecular flexibility index (Phi) is 3.47. The average Bonchev–Trinajstić information content (AvgIpc) is 3.19. The number of hydrogen-bond donors (Lipinski definition) is 1. The second-order valence-corrected chi connectivity index (χ2v) is 7.12. The molecule has 0 atom stereocenters. The van der Waals surface area contributed by atoms with Gasteiger partial charge in [0, 0.05) is 22.7 Å². The molecule has 26 heavy (non-hydrogen) atoms. The third-order valence-corrected chi connectivity index (χ3v) is 5.08. The van der Waals surface area contributed by atoms with E-state index in [0.717, 1.165) is 46.2 Å². The minimum absolute atomic E-state index is 0.639. The Balaban J connectivity index is 1.82. The van der Waals surface area contributed by atoms with Crippen molar-refractivity contribution in [1.29, 1.82) is 0 Å². The predicted molar refractivity (Wildman–Crippen MR) is 106 cm³/mol.